The Morgan fingerprint density at radius 1 is 1.64 bits per heavy atom. The number of thiophene rings is 1. The predicted molar refractivity (Wildman–Crippen MR) is 65.3 cm³/mol. The van der Waals surface area contributed by atoms with Crippen molar-refractivity contribution in [2.75, 3.05) is 7.05 Å². The first-order chi connectivity index (χ1) is 6.81. The molecule has 0 amide bonds. The zero-order chi connectivity index (χ0) is 9.97. The normalized spacial score (nSPS) is 10.7. The molecule has 2 rings (SSSR count). The van der Waals surface area contributed by atoms with Crippen LogP contribution in [0.3, 0.4) is 0 Å². The van der Waals surface area contributed by atoms with E-state index >= 15 is 0 Å². The molecule has 0 spiro atoms. The maximum Gasteiger partial charge on any atom is 0.208 e. The molecule has 3 nitrogen and oxygen atoms in total. The van der Waals surface area contributed by atoms with Crippen LogP contribution in [0.25, 0.3) is 10.6 Å². The standard InChI is InChI=1S/C9H9IN2OS/c1-11-5-8-12-4-7(13-8)9-6(10)2-3-14-9/h2-4,11H,5H2,1H3. The smallest absolute Gasteiger partial charge is 0.208 e. The molecule has 0 saturated heterocycles. The monoisotopic (exact) mass is 320 g/mol. The topological polar surface area (TPSA) is 38.1 Å². The summed E-state index contributed by atoms with van der Waals surface area (Å²) in [7, 11) is 1.87. The number of hydrogen-bond acceptors (Lipinski definition) is 4. The number of aromatic nitrogens is 1. The molecule has 0 radical (unpaired) electrons. The van der Waals surface area contributed by atoms with Crippen molar-refractivity contribution in [3.8, 4) is 10.6 Å². The summed E-state index contributed by atoms with van der Waals surface area (Å²) in [6.07, 6.45) is 1.78. The number of nitrogens with one attached hydrogen (secondary N) is 1. The summed E-state index contributed by atoms with van der Waals surface area (Å²) in [6.45, 7) is 0.669. The minimum Gasteiger partial charge on any atom is -0.438 e. The summed E-state index contributed by atoms with van der Waals surface area (Å²) in [5.41, 5.74) is 0. The largest absolute Gasteiger partial charge is 0.438 e. The number of nitrogens with zero attached hydrogens (tertiary/aromatic N) is 1. The number of hydrogen-bond donors (Lipinski definition) is 1. The highest BCUT2D eigenvalue weighted by Crippen LogP contribution is 2.30. The van der Waals surface area contributed by atoms with E-state index < -0.39 is 0 Å². The van der Waals surface area contributed by atoms with Crippen LogP contribution in [0, 0.1) is 3.57 Å². The minimum atomic E-state index is 0.669. The third kappa shape index (κ3) is 1.99. The zero-order valence-corrected chi connectivity index (χ0v) is 10.6. The van der Waals surface area contributed by atoms with Gasteiger partial charge in [-0.15, -0.1) is 11.3 Å². The Labute approximate surface area is 99.7 Å². The Bertz CT molecular complexity index is 424. The number of halogens is 1. The van der Waals surface area contributed by atoms with Crippen molar-refractivity contribution in [3.63, 3.8) is 0 Å². The maximum atomic E-state index is 5.58. The van der Waals surface area contributed by atoms with E-state index in [0.29, 0.717) is 6.54 Å². The van der Waals surface area contributed by atoms with Gasteiger partial charge in [0, 0.05) is 3.57 Å². The first-order valence-corrected chi connectivity index (χ1v) is 6.10. The molecule has 0 atom stereocenters. The van der Waals surface area contributed by atoms with Crippen LogP contribution < -0.4 is 5.32 Å². The Kier molecular flexibility index (Phi) is 3.19. The first-order valence-electron chi connectivity index (χ1n) is 4.14. The van der Waals surface area contributed by atoms with Gasteiger partial charge in [-0.3, -0.25) is 0 Å². The highest BCUT2D eigenvalue weighted by atomic mass is 127. The molecule has 2 aromatic heterocycles. The van der Waals surface area contributed by atoms with Crippen molar-refractivity contribution in [1.82, 2.24) is 10.3 Å². The summed E-state index contributed by atoms with van der Waals surface area (Å²) in [4.78, 5) is 5.33. The van der Waals surface area contributed by atoms with Gasteiger partial charge in [0.15, 0.2) is 5.76 Å². The second kappa shape index (κ2) is 4.41. The number of rotatable bonds is 3. The highest BCUT2D eigenvalue weighted by Gasteiger charge is 2.09. The van der Waals surface area contributed by atoms with Gasteiger partial charge < -0.3 is 9.73 Å². The summed E-state index contributed by atoms with van der Waals surface area (Å²) in [5, 5.41) is 5.06. The lowest BCUT2D eigenvalue weighted by atomic mass is 10.4. The maximum absolute atomic E-state index is 5.58. The predicted octanol–water partition coefficient (Wildman–Crippen LogP) is 2.73. The van der Waals surface area contributed by atoms with Crippen LogP contribution in [0.1, 0.15) is 5.89 Å². The van der Waals surface area contributed by atoms with Crippen LogP contribution in [-0.2, 0) is 6.54 Å². The van der Waals surface area contributed by atoms with E-state index in [2.05, 4.69) is 44.3 Å². The zero-order valence-electron chi connectivity index (χ0n) is 7.58. The van der Waals surface area contributed by atoms with Gasteiger partial charge >= 0.3 is 0 Å². The lowest BCUT2D eigenvalue weighted by molar-refractivity contribution is 0.491. The fourth-order valence-electron chi connectivity index (χ4n) is 1.12. The Morgan fingerprint density at radius 3 is 3.14 bits per heavy atom. The molecule has 5 heteroatoms. The van der Waals surface area contributed by atoms with E-state index in [-0.39, 0.29) is 0 Å². The van der Waals surface area contributed by atoms with Gasteiger partial charge in [-0.2, -0.15) is 0 Å². The molecule has 0 bridgehead atoms. The molecule has 0 saturated carbocycles. The van der Waals surface area contributed by atoms with Crippen LogP contribution >= 0.6 is 33.9 Å². The molecule has 0 aliphatic carbocycles. The fourth-order valence-corrected chi connectivity index (χ4v) is 2.92. The average molecular weight is 320 g/mol. The lowest BCUT2D eigenvalue weighted by Crippen LogP contribution is -2.04. The molecule has 0 aliphatic rings. The highest BCUT2D eigenvalue weighted by molar-refractivity contribution is 14.1. The molecule has 74 valence electrons. The van der Waals surface area contributed by atoms with E-state index in [1.807, 2.05) is 7.05 Å². The van der Waals surface area contributed by atoms with E-state index in [1.165, 1.54) is 3.57 Å². The first kappa shape index (κ1) is 10.1. The number of oxazole rings is 1. The third-order valence-electron chi connectivity index (χ3n) is 1.72. The van der Waals surface area contributed by atoms with Crippen LogP contribution in [0.4, 0.5) is 0 Å². The van der Waals surface area contributed by atoms with Crippen molar-refractivity contribution in [1.29, 1.82) is 0 Å². The summed E-state index contributed by atoms with van der Waals surface area (Å²) < 4.78 is 6.79. The second-order valence-electron chi connectivity index (χ2n) is 2.75. The molecular formula is C9H9IN2OS. The van der Waals surface area contributed by atoms with Crippen molar-refractivity contribution in [2.45, 2.75) is 6.54 Å². The van der Waals surface area contributed by atoms with Gasteiger partial charge in [-0.1, -0.05) is 0 Å². The van der Waals surface area contributed by atoms with Crippen molar-refractivity contribution >= 4 is 33.9 Å². The van der Waals surface area contributed by atoms with Gasteiger partial charge in [0.1, 0.15) is 0 Å². The summed E-state index contributed by atoms with van der Waals surface area (Å²) in [6, 6.07) is 2.07. The molecule has 2 heterocycles. The van der Waals surface area contributed by atoms with Gasteiger partial charge in [0.25, 0.3) is 0 Å². The molecule has 0 aliphatic heterocycles. The third-order valence-corrected chi connectivity index (χ3v) is 3.92. The van der Waals surface area contributed by atoms with Crippen molar-refractivity contribution in [3.05, 3.63) is 27.1 Å². The van der Waals surface area contributed by atoms with Gasteiger partial charge in [0.2, 0.25) is 5.89 Å². The van der Waals surface area contributed by atoms with E-state index in [1.54, 1.807) is 17.5 Å². The Morgan fingerprint density at radius 2 is 2.50 bits per heavy atom. The van der Waals surface area contributed by atoms with Crippen LogP contribution in [0.5, 0.6) is 0 Å². The van der Waals surface area contributed by atoms with Crippen molar-refractivity contribution < 1.29 is 4.42 Å². The second-order valence-corrected chi connectivity index (χ2v) is 4.82. The summed E-state index contributed by atoms with van der Waals surface area (Å²) in [5.74, 6) is 1.58. The minimum absolute atomic E-state index is 0.669. The van der Waals surface area contributed by atoms with Gasteiger partial charge in [0.05, 0.1) is 17.6 Å². The Balaban J connectivity index is 2.29. The van der Waals surface area contributed by atoms with E-state index in [9.17, 15) is 0 Å². The van der Waals surface area contributed by atoms with Crippen molar-refractivity contribution in [2.24, 2.45) is 0 Å². The van der Waals surface area contributed by atoms with Gasteiger partial charge in [-0.25, -0.2) is 4.98 Å². The summed E-state index contributed by atoms with van der Waals surface area (Å²) >= 11 is 3.97. The van der Waals surface area contributed by atoms with Crippen LogP contribution in [0.2, 0.25) is 0 Å². The molecule has 0 unspecified atom stereocenters. The average Bonchev–Trinajstić information content (AvgIpc) is 2.74. The molecule has 1 N–H and O–H groups in total. The molecule has 0 fully saturated rings. The van der Waals surface area contributed by atoms with E-state index in [0.717, 1.165) is 16.5 Å². The fraction of sp³-hybridized carbons (Fsp3) is 0.222. The van der Waals surface area contributed by atoms with E-state index in [4.69, 9.17) is 4.42 Å². The molecule has 0 aromatic carbocycles. The lowest BCUT2D eigenvalue weighted by Gasteiger charge is -1.92. The molecular weight excluding hydrogens is 311 g/mol. The van der Waals surface area contributed by atoms with Crippen LogP contribution in [-0.4, -0.2) is 12.0 Å². The van der Waals surface area contributed by atoms with Gasteiger partial charge in [-0.05, 0) is 41.1 Å². The SMILES string of the molecule is CNCc1ncc(-c2sccc2I)o1. The Hall–Kier alpha value is -0.400. The quantitative estimate of drug-likeness (QED) is 0.884. The molecule has 2 aromatic rings. The van der Waals surface area contributed by atoms with Crippen LogP contribution in [0.15, 0.2) is 22.1 Å². The molecule has 14 heavy (non-hydrogen) atoms.